The Kier molecular flexibility index (Phi) is 4.44. The van der Waals surface area contributed by atoms with E-state index in [1.807, 2.05) is 31.5 Å². The molecule has 140 valence electrons. The second-order valence-electron chi connectivity index (χ2n) is 6.45. The van der Waals surface area contributed by atoms with Crippen molar-refractivity contribution in [1.29, 1.82) is 0 Å². The molecule has 0 N–H and O–H groups in total. The first kappa shape index (κ1) is 18.0. The number of benzene rings is 1. The van der Waals surface area contributed by atoms with E-state index in [2.05, 4.69) is 0 Å². The van der Waals surface area contributed by atoms with E-state index in [-0.39, 0.29) is 24.5 Å². The summed E-state index contributed by atoms with van der Waals surface area (Å²) in [5.74, 6) is 0.805. The minimum absolute atomic E-state index is 0.0876. The molecule has 0 aliphatic carbocycles. The minimum Gasteiger partial charge on any atom is -0.454 e. The van der Waals surface area contributed by atoms with E-state index in [0.29, 0.717) is 27.0 Å². The van der Waals surface area contributed by atoms with Crippen molar-refractivity contribution in [2.45, 2.75) is 20.4 Å². The topological polar surface area (TPSA) is 60.8 Å². The first-order valence-electron chi connectivity index (χ1n) is 8.31. The van der Waals surface area contributed by atoms with Crippen molar-refractivity contribution < 1.29 is 19.1 Å². The summed E-state index contributed by atoms with van der Waals surface area (Å²) in [5.41, 5.74) is 3.70. The van der Waals surface area contributed by atoms with E-state index < -0.39 is 0 Å². The van der Waals surface area contributed by atoms with Crippen LogP contribution in [0.4, 0.5) is 4.79 Å². The highest BCUT2D eigenvalue weighted by Gasteiger charge is 2.36. The van der Waals surface area contributed by atoms with Crippen LogP contribution in [0.5, 0.6) is 11.5 Å². The zero-order chi connectivity index (χ0) is 19.3. The van der Waals surface area contributed by atoms with E-state index in [1.54, 1.807) is 18.2 Å². The van der Waals surface area contributed by atoms with Gasteiger partial charge in [0.1, 0.15) is 0 Å². The van der Waals surface area contributed by atoms with Gasteiger partial charge >= 0.3 is 0 Å². The second kappa shape index (κ2) is 6.65. The zero-order valence-corrected chi connectivity index (χ0v) is 16.6. The number of hydrogen-bond donors (Lipinski definition) is 0. The van der Waals surface area contributed by atoms with Crippen LogP contribution < -0.4 is 9.47 Å². The second-order valence-corrected chi connectivity index (χ2v) is 7.85. The lowest BCUT2D eigenvalue weighted by Gasteiger charge is -2.14. The molecule has 0 unspecified atom stereocenters. The van der Waals surface area contributed by atoms with Crippen LogP contribution in [0.3, 0.4) is 0 Å². The molecule has 8 heteroatoms. The summed E-state index contributed by atoms with van der Waals surface area (Å²) in [6, 6.07) is 5.35. The van der Waals surface area contributed by atoms with Gasteiger partial charge in [0, 0.05) is 29.5 Å². The number of thioether (sulfide) groups is 1. The molecule has 0 spiro atoms. The fraction of sp³-hybridized carbons (Fsp3) is 0.263. The average molecular weight is 405 g/mol. The number of amides is 2. The van der Waals surface area contributed by atoms with Gasteiger partial charge in [-0.15, -0.1) is 0 Å². The molecule has 3 heterocycles. The highest BCUT2D eigenvalue weighted by molar-refractivity contribution is 8.18. The van der Waals surface area contributed by atoms with Crippen LogP contribution in [-0.4, -0.2) is 27.4 Å². The van der Waals surface area contributed by atoms with E-state index >= 15 is 0 Å². The molecular formula is C19H17ClN2O4S. The molecule has 1 aromatic heterocycles. The SMILES string of the molecule is Cc1cc(/C=C2\SC(=O)N(Cc3cc4c(cc3Cl)OCO4)C2=O)c(C)n1C. The van der Waals surface area contributed by atoms with Crippen LogP contribution in [0.2, 0.25) is 5.02 Å². The number of fused-ring (bicyclic) bond motifs is 1. The Labute approximate surface area is 165 Å². The quantitative estimate of drug-likeness (QED) is 0.715. The van der Waals surface area contributed by atoms with Crippen LogP contribution in [0.1, 0.15) is 22.5 Å². The van der Waals surface area contributed by atoms with Gasteiger partial charge in [-0.25, -0.2) is 0 Å². The van der Waals surface area contributed by atoms with Crippen LogP contribution in [0.25, 0.3) is 6.08 Å². The van der Waals surface area contributed by atoms with Gasteiger partial charge in [-0.2, -0.15) is 0 Å². The summed E-state index contributed by atoms with van der Waals surface area (Å²) >= 11 is 7.22. The number of carbonyl (C=O) groups excluding carboxylic acids is 2. The molecule has 2 aliphatic heterocycles. The van der Waals surface area contributed by atoms with Gasteiger partial charge in [0.05, 0.1) is 11.4 Å². The molecule has 27 heavy (non-hydrogen) atoms. The molecule has 2 amide bonds. The molecule has 0 bridgehead atoms. The third kappa shape index (κ3) is 3.11. The maximum absolute atomic E-state index is 12.8. The lowest BCUT2D eigenvalue weighted by Crippen LogP contribution is -2.27. The maximum atomic E-state index is 12.8. The van der Waals surface area contributed by atoms with Gasteiger partial charge < -0.3 is 14.0 Å². The first-order valence-corrected chi connectivity index (χ1v) is 9.51. The van der Waals surface area contributed by atoms with Crippen molar-refractivity contribution in [2.24, 2.45) is 7.05 Å². The highest BCUT2D eigenvalue weighted by Crippen LogP contribution is 2.39. The highest BCUT2D eigenvalue weighted by atomic mass is 35.5. The molecule has 2 aromatic rings. The summed E-state index contributed by atoms with van der Waals surface area (Å²) < 4.78 is 12.7. The molecule has 4 rings (SSSR count). The van der Waals surface area contributed by atoms with Gasteiger partial charge in [0.25, 0.3) is 11.1 Å². The lowest BCUT2D eigenvalue weighted by molar-refractivity contribution is -0.123. The first-order chi connectivity index (χ1) is 12.8. The third-order valence-corrected chi connectivity index (χ3v) is 6.10. The molecule has 6 nitrogen and oxygen atoms in total. The predicted octanol–water partition coefficient (Wildman–Crippen LogP) is 4.26. The number of rotatable bonds is 3. The molecular weight excluding hydrogens is 388 g/mol. The number of imide groups is 1. The van der Waals surface area contributed by atoms with E-state index in [9.17, 15) is 9.59 Å². The zero-order valence-electron chi connectivity index (χ0n) is 15.0. The predicted molar refractivity (Wildman–Crippen MR) is 104 cm³/mol. The van der Waals surface area contributed by atoms with Gasteiger partial charge in [0.2, 0.25) is 6.79 Å². The Morgan fingerprint density at radius 1 is 1.19 bits per heavy atom. The van der Waals surface area contributed by atoms with Crippen LogP contribution in [0, 0.1) is 13.8 Å². The van der Waals surface area contributed by atoms with Crippen molar-refractivity contribution in [3.8, 4) is 11.5 Å². The molecule has 1 fully saturated rings. The summed E-state index contributed by atoms with van der Waals surface area (Å²) in [6.07, 6.45) is 1.77. The summed E-state index contributed by atoms with van der Waals surface area (Å²) in [5, 5.41) is 0.113. The molecule has 0 radical (unpaired) electrons. The standard InChI is InChI=1S/C19H17ClN2O4S/c1-10-4-12(11(2)21(10)3)6-17-18(23)22(19(24)27-17)8-13-5-15-16(7-14(13)20)26-9-25-15/h4-7H,8-9H2,1-3H3/b17-6-. The smallest absolute Gasteiger partial charge is 0.293 e. The van der Waals surface area contributed by atoms with Gasteiger partial charge in [-0.3, -0.25) is 14.5 Å². The van der Waals surface area contributed by atoms with Crippen LogP contribution >= 0.6 is 23.4 Å². The number of carbonyl (C=O) groups is 2. The third-order valence-electron chi connectivity index (χ3n) is 4.84. The normalized spacial score (nSPS) is 17.5. The summed E-state index contributed by atoms with van der Waals surface area (Å²) in [7, 11) is 1.97. The number of aromatic nitrogens is 1. The molecule has 0 atom stereocenters. The number of halogens is 1. The fourth-order valence-corrected chi connectivity index (χ4v) is 4.10. The molecule has 0 saturated carbocycles. The van der Waals surface area contributed by atoms with E-state index in [4.69, 9.17) is 21.1 Å². The largest absolute Gasteiger partial charge is 0.454 e. The Bertz CT molecular complexity index is 1010. The van der Waals surface area contributed by atoms with Crippen molar-refractivity contribution in [2.75, 3.05) is 6.79 Å². The minimum atomic E-state index is -0.320. The Morgan fingerprint density at radius 2 is 1.89 bits per heavy atom. The van der Waals surface area contributed by atoms with E-state index in [0.717, 1.165) is 28.7 Å². The van der Waals surface area contributed by atoms with Crippen molar-refractivity contribution in [3.63, 3.8) is 0 Å². The number of aryl methyl sites for hydroxylation is 1. The fourth-order valence-electron chi connectivity index (χ4n) is 3.06. The van der Waals surface area contributed by atoms with Crippen molar-refractivity contribution in [1.82, 2.24) is 9.47 Å². The van der Waals surface area contributed by atoms with Crippen molar-refractivity contribution in [3.05, 3.63) is 50.6 Å². The van der Waals surface area contributed by atoms with Crippen LogP contribution in [0.15, 0.2) is 23.1 Å². The Morgan fingerprint density at radius 3 is 2.56 bits per heavy atom. The van der Waals surface area contributed by atoms with Gasteiger partial charge in [0.15, 0.2) is 11.5 Å². The number of nitrogens with zero attached hydrogens (tertiary/aromatic N) is 2. The monoisotopic (exact) mass is 404 g/mol. The molecule has 1 saturated heterocycles. The van der Waals surface area contributed by atoms with Crippen LogP contribution in [-0.2, 0) is 18.4 Å². The van der Waals surface area contributed by atoms with Gasteiger partial charge in [-0.1, -0.05) is 11.6 Å². The van der Waals surface area contributed by atoms with Crippen molar-refractivity contribution >= 4 is 40.6 Å². The van der Waals surface area contributed by atoms with E-state index in [1.165, 1.54) is 4.90 Å². The molecule has 2 aliphatic rings. The Hall–Kier alpha value is -2.38. The lowest BCUT2D eigenvalue weighted by atomic mass is 10.2. The molecule has 1 aromatic carbocycles. The van der Waals surface area contributed by atoms with Gasteiger partial charge in [-0.05, 0) is 54.9 Å². The Balaban J connectivity index is 1.60. The average Bonchev–Trinajstić information content (AvgIpc) is 3.25. The maximum Gasteiger partial charge on any atom is 0.293 e. The number of hydrogen-bond acceptors (Lipinski definition) is 5. The summed E-state index contributed by atoms with van der Waals surface area (Å²) in [6.45, 7) is 4.20. The number of ether oxygens (including phenoxy) is 2. The summed E-state index contributed by atoms with van der Waals surface area (Å²) in [4.78, 5) is 26.8.